The van der Waals surface area contributed by atoms with Gasteiger partial charge in [0.15, 0.2) is 5.57 Å². The Morgan fingerprint density at radius 1 is 1.44 bits per heavy atom. The Hall–Kier alpha value is -2.28. The van der Waals surface area contributed by atoms with Gasteiger partial charge < -0.3 is 10.1 Å². The second-order valence-corrected chi connectivity index (χ2v) is 3.55. The summed E-state index contributed by atoms with van der Waals surface area (Å²) in [6.45, 7) is 4.00. The van der Waals surface area contributed by atoms with Crippen molar-refractivity contribution in [1.82, 2.24) is 0 Å². The topological polar surface area (TPSA) is 62.1 Å². The van der Waals surface area contributed by atoms with Crippen molar-refractivity contribution in [1.29, 1.82) is 5.26 Å². The molecule has 0 atom stereocenters. The van der Waals surface area contributed by atoms with Crippen molar-refractivity contribution in [2.45, 2.75) is 20.3 Å². The van der Waals surface area contributed by atoms with Gasteiger partial charge in [0.1, 0.15) is 6.07 Å². The lowest BCUT2D eigenvalue weighted by molar-refractivity contribution is -0.138. The number of benzene rings is 1. The van der Waals surface area contributed by atoms with Crippen LogP contribution in [0.3, 0.4) is 0 Å². The second kappa shape index (κ2) is 7.13. The van der Waals surface area contributed by atoms with Crippen molar-refractivity contribution < 1.29 is 9.53 Å². The summed E-state index contributed by atoms with van der Waals surface area (Å²) in [4.78, 5) is 11.4. The summed E-state index contributed by atoms with van der Waals surface area (Å²) in [5, 5.41) is 11.8. The Morgan fingerprint density at radius 3 is 2.78 bits per heavy atom. The van der Waals surface area contributed by atoms with Crippen molar-refractivity contribution in [3.05, 3.63) is 41.6 Å². The second-order valence-electron chi connectivity index (χ2n) is 3.55. The molecule has 0 aliphatic rings. The zero-order chi connectivity index (χ0) is 13.4. The van der Waals surface area contributed by atoms with Crippen LogP contribution in [0.2, 0.25) is 0 Å². The van der Waals surface area contributed by atoms with E-state index in [4.69, 9.17) is 10.00 Å². The van der Waals surface area contributed by atoms with Crippen LogP contribution in [0.4, 0.5) is 5.69 Å². The predicted molar refractivity (Wildman–Crippen MR) is 69.8 cm³/mol. The van der Waals surface area contributed by atoms with Crippen molar-refractivity contribution >= 4 is 11.7 Å². The van der Waals surface area contributed by atoms with Gasteiger partial charge in [-0.15, -0.1) is 0 Å². The number of rotatable bonds is 5. The van der Waals surface area contributed by atoms with Gasteiger partial charge in [0.05, 0.1) is 6.61 Å². The Kier molecular flexibility index (Phi) is 5.46. The van der Waals surface area contributed by atoms with Crippen LogP contribution in [-0.4, -0.2) is 12.6 Å². The van der Waals surface area contributed by atoms with Gasteiger partial charge in [-0.2, -0.15) is 5.26 Å². The summed E-state index contributed by atoms with van der Waals surface area (Å²) >= 11 is 0. The smallest absolute Gasteiger partial charge is 0.350 e. The molecule has 4 nitrogen and oxygen atoms in total. The number of carbonyl (C=O) groups excluding carboxylic acids is 1. The molecule has 0 unspecified atom stereocenters. The van der Waals surface area contributed by atoms with Gasteiger partial charge in [0.2, 0.25) is 0 Å². The first-order chi connectivity index (χ1) is 8.72. The highest BCUT2D eigenvalue weighted by atomic mass is 16.5. The van der Waals surface area contributed by atoms with E-state index in [2.05, 4.69) is 5.32 Å². The normalized spacial score (nSPS) is 10.6. The maximum absolute atomic E-state index is 11.4. The summed E-state index contributed by atoms with van der Waals surface area (Å²) < 4.78 is 4.77. The fraction of sp³-hybridized carbons (Fsp3) is 0.286. The Bertz CT molecular complexity index is 487. The lowest BCUT2D eigenvalue weighted by Gasteiger charge is -2.07. The first-order valence-electron chi connectivity index (χ1n) is 5.84. The average molecular weight is 244 g/mol. The zero-order valence-electron chi connectivity index (χ0n) is 10.6. The van der Waals surface area contributed by atoms with Crippen LogP contribution < -0.4 is 5.32 Å². The third kappa shape index (κ3) is 3.63. The van der Waals surface area contributed by atoms with Crippen LogP contribution in [0.5, 0.6) is 0 Å². The Labute approximate surface area is 107 Å². The Balaban J connectivity index is 2.84. The molecule has 0 fully saturated rings. The molecule has 1 aromatic carbocycles. The van der Waals surface area contributed by atoms with E-state index in [0.29, 0.717) is 0 Å². The van der Waals surface area contributed by atoms with Gasteiger partial charge in [-0.05, 0) is 25.0 Å². The molecular weight excluding hydrogens is 228 g/mol. The molecule has 0 aliphatic carbocycles. The minimum absolute atomic E-state index is 0.0391. The highest BCUT2D eigenvalue weighted by molar-refractivity contribution is 5.93. The molecule has 4 heteroatoms. The minimum Gasteiger partial charge on any atom is -0.462 e. The summed E-state index contributed by atoms with van der Waals surface area (Å²) in [7, 11) is 0. The van der Waals surface area contributed by atoms with Crippen LogP contribution in [0.1, 0.15) is 19.4 Å². The number of para-hydroxylation sites is 1. The standard InChI is InChI=1S/C14H16N2O2/c1-3-11-7-5-6-8-13(11)16-10-12(9-15)14(17)18-4-2/h5-8,10,16H,3-4H2,1-2H3/b12-10+. The van der Waals surface area contributed by atoms with Gasteiger partial charge in [0.25, 0.3) is 0 Å². The van der Waals surface area contributed by atoms with Gasteiger partial charge >= 0.3 is 5.97 Å². The molecule has 0 heterocycles. The summed E-state index contributed by atoms with van der Waals surface area (Å²) in [5.41, 5.74) is 1.97. The number of carbonyl (C=O) groups is 1. The van der Waals surface area contributed by atoms with Gasteiger partial charge in [-0.25, -0.2) is 4.79 Å². The van der Waals surface area contributed by atoms with Crippen LogP contribution >= 0.6 is 0 Å². The average Bonchev–Trinajstić information content (AvgIpc) is 2.40. The van der Waals surface area contributed by atoms with E-state index in [0.717, 1.165) is 17.7 Å². The number of nitrogens with one attached hydrogen (secondary N) is 1. The van der Waals surface area contributed by atoms with Crippen molar-refractivity contribution in [3.63, 3.8) is 0 Å². The van der Waals surface area contributed by atoms with E-state index in [9.17, 15) is 4.79 Å². The highest BCUT2D eigenvalue weighted by Gasteiger charge is 2.09. The summed E-state index contributed by atoms with van der Waals surface area (Å²) in [5.74, 6) is -0.610. The first kappa shape index (κ1) is 13.8. The van der Waals surface area contributed by atoms with Gasteiger partial charge in [-0.3, -0.25) is 0 Å². The van der Waals surface area contributed by atoms with Crippen LogP contribution in [0.15, 0.2) is 36.0 Å². The minimum atomic E-state index is -0.610. The number of hydrogen-bond acceptors (Lipinski definition) is 4. The predicted octanol–water partition coefficient (Wildman–Crippen LogP) is 2.63. The van der Waals surface area contributed by atoms with Crippen LogP contribution in [-0.2, 0) is 16.0 Å². The number of ether oxygens (including phenoxy) is 1. The van der Waals surface area contributed by atoms with E-state index in [1.54, 1.807) is 6.92 Å². The molecule has 1 N–H and O–H groups in total. The fourth-order valence-electron chi connectivity index (χ4n) is 1.47. The van der Waals surface area contributed by atoms with E-state index in [1.807, 2.05) is 37.3 Å². The molecule has 0 aromatic heterocycles. The van der Waals surface area contributed by atoms with Gasteiger partial charge in [0, 0.05) is 11.9 Å². The molecule has 0 radical (unpaired) electrons. The molecule has 0 saturated carbocycles. The molecule has 1 aromatic rings. The van der Waals surface area contributed by atoms with Crippen LogP contribution in [0, 0.1) is 11.3 Å². The third-order valence-corrected chi connectivity index (χ3v) is 2.39. The van der Waals surface area contributed by atoms with Crippen molar-refractivity contribution in [2.24, 2.45) is 0 Å². The molecule has 0 amide bonds. The van der Waals surface area contributed by atoms with E-state index < -0.39 is 5.97 Å². The molecule has 0 saturated heterocycles. The maximum atomic E-state index is 11.4. The van der Waals surface area contributed by atoms with Crippen LogP contribution in [0.25, 0.3) is 0 Å². The number of aryl methyl sites for hydroxylation is 1. The van der Waals surface area contributed by atoms with Gasteiger partial charge in [-0.1, -0.05) is 25.1 Å². The van der Waals surface area contributed by atoms with E-state index >= 15 is 0 Å². The molecule has 1 rings (SSSR count). The number of nitrogens with zero attached hydrogens (tertiary/aromatic N) is 1. The Morgan fingerprint density at radius 2 is 2.17 bits per heavy atom. The molecule has 94 valence electrons. The zero-order valence-corrected chi connectivity index (χ0v) is 10.6. The number of anilines is 1. The number of esters is 1. The first-order valence-corrected chi connectivity index (χ1v) is 5.84. The maximum Gasteiger partial charge on any atom is 0.350 e. The fourth-order valence-corrected chi connectivity index (χ4v) is 1.47. The SMILES string of the molecule is CCOC(=O)/C(C#N)=C/Nc1ccccc1CC. The molecule has 0 aliphatic heterocycles. The van der Waals surface area contributed by atoms with E-state index in [-0.39, 0.29) is 12.2 Å². The summed E-state index contributed by atoms with van der Waals surface area (Å²) in [6.07, 6.45) is 2.25. The molecular formula is C14H16N2O2. The quantitative estimate of drug-likeness (QED) is 0.491. The molecule has 0 bridgehead atoms. The van der Waals surface area contributed by atoms with E-state index in [1.165, 1.54) is 6.20 Å². The van der Waals surface area contributed by atoms with Crippen molar-refractivity contribution in [2.75, 3.05) is 11.9 Å². The number of hydrogen-bond donors (Lipinski definition) is 1. The lowest BCUT2D eigenvalue weighted by atomic mass is 10.1. The molecule has 0 spiro atoms. The molecule has 18 heavy (non-hydrogen) atoms. The largest absolute Gasteiger partial charge is 0.462 e. The lowest BCUT2D eigenvalue weighted by Crippen LogP contribution is -2.08. The third-order valence-electron chi connectivity index (χ3n) is 2.39. The monoisotopic (exact) mass is 244 g/mol. The highest BCUT2D eigenvalue weighted by Crippen LogP contribution is 2.15. The van der Waals surface area contributed by atoms with Crippen molar-refractivity contribution in [3.8, 4) is 6.07 Å². The number of nitriles is 1. The summed E-state index contributed by atoms with van der Waals surface area (Å²) in [6, 6.07) is 9.55.